The van der Waals surface area contributed by atoms with Crippen molar-refractivity contribution in [3.8, 4) is 0 Å². The number of rotatable bonds is 3. The number of amides is 1. The van der Waals surface area contributed by atoms with Gasteiger partial charge in [0.2, 0.25) is 5.91 Å². The number of H-pyrrole nitrogens is 1. The van der Waals surface area contributed by atoms with E-state index in [0.717, 1.165) is 22.3 Å². The van der Waals surface area contributed by atoms with Gasteiger partial charge in [0.25, 0.3) is 0 Å². The first-order valence-electron chi connectivity index (χ1n) is 7.96. The number of aromatic nitrogens is 4. The number of para-hydroxylation sites is 1. The number of hydrogen-bond donors (Lipinski definition) is 1. The van der Waals surface area contributed by atoms with Gasteiger partial charge in [-0.25, -0.2) is 9.78 Å². The summed E-state index contributed by atoms with van der Waals surface area (Å²) in [4.78, 5) is 33.8. The van der Waals surface area contributed by atoms with Gasteiger partial charge in [0.05, 0.1) is 43.1 Å². The van der Waals surface area contributed by atoms with Crippen molar-refractivity contribution in [1.29, 1.82) is 0 Å². The second-order valence-corrected chi connectivity index (χ2v) is 5.95. The Morgan fingerprint density at radius 2 is 2.20 bits per heavy atom. The molecule has 1 N–H and O–H groups in total. The summed E-state index contributed by atoms with van der Waals surface area (Å²) in [5.41, 5.74) is 2.52. The second kappa shape index (κ2) is 6.04. The lowest BCUT2D eigenvalue weighted by atomic mass is 10.0. The van der Waals surface area contributed by atoms with E-state index in [1.807, 2.05) is 24.3 Å². The molecule has 1 aliphatic heterocycles. The van der Waals surface area contributed by atoms with E-state index in [9.17, 15) is 9.59 Å². The molecule has 0 saturated carbocycles. The molecule has 8 nitrogen and oxygen atoms in total. The third-order valence-corrected chi connectivity index (χ3v) is 4.53. The first-order valence-corrected chi connectivity index (χ1v) is 7.96. The molecule has 1 unspecified atom stereocenters. The molecular formula is C17H17N5O3. The Morgan fingerprint density at radius 1 is 1.36 bits per heavy atom. The smallest absolute Gasteiger partial charge is 0.329 e. The molecule has 25 heavy (non-hydrogen) atoms. The largest absolute Gasteiger partial charge is 0.467 e. The number of benzene rings is 1. The first kappa shape index (κ1) is 15.4. The van der Waals surface area contributed by atoms with Gasteiger partial charge in [-0.05, 0) is 6.07 Å². The number of carbonyl (C=O) groups is 2. The Morgan fingerprint density at radius 3 is 3.04 bits per heavy atom. The van der Waals surface area contributed by atoms with Crippen molar-refractivity contribution in [2.45, 2.75) is 25.6 Å². The average molecular weight is 339 g/mol. The fourth-order valence-corrected chi connectivity index (χ4v) is 3.22. The molecule has 2 aromatic heterocycles. The zero-order valence-electron chi connectivity index (χ0n) is 13.7. The molecule has 3 aromatic rings. The zero-order chi connectivity index (χ0) is 17.4. The van der Waals surface area contributed by atoms with Crippen molar-refractivity contribution < 1.29 is 14.3 Å². The normalized spacial score (nSPS) is 16.7. The maximum absolute atomic E-state index is 12.9. The van der Waals surface area contributed by atoms with Crippen LogP contribution in [0.1, 0.15) is 11.4 Å². The van der Waals surface area contributed by atoms with Gasteiger partial charge in [-0.1, -0.05) is 18.2 Å². The number of fused-ring (bicyclic) bond motifs is 2. The standard InChI is InChI=1S/C17H17N5O3/c1-25-17(24)15-6-12-13(19-10-18-12)8-21(15)16(23)9-22-14-5-3-2-4-11(14)7-20-22/h2-5,7,10,15H,6,8-9H2,1H3,(H,18,19). The van der Waals surface area contributed by atoms with Crippen LogP contribution in [0, 0.1) is 0 Å². The lowest BCUT2D eigenvalue weighted by molar-refractivity contribution is -0.154. The Balaban J connectivity index is 1.62. The summed E-state index contributed by atoms with van der Waals surface area (Å²) in [5.74, 6) is -0.628. The van der Waals surface area contributed by atoms with Crippen LogP contribution in [-0.4, -0.2) is 49.7 Å². The number of carbonyl (C=O) groups excluding carboxylic acids is 2. The second-order valence-electron chi connectivity index (χ2n) is 5.95. The molecule has 0 saturated heterocycles. The lowest BCUT2D eigenvalue weighted by Gasteiger charge is -2.33. The Kier molecular flexibility index (Phi) is 3.72. The number of methoxy groups -OCH3 is 1. The van der Waals surface area contributed by atoms with Crippen LogP contribution in [0.4, 0.5) is 0 Å². The minimum atomic E-state index is -0.671. The van der Waals surface area contributed by atoms with Crippen molar-refractivity contribution in [2.75, 3.05) is 7.11 Å². The van der Waals surface area contributed by atoms with Gasteiger partial charge in [0, 0.05) is 11.8 Å². The molecule has 1 aliphatic rings. The minimum Gasteiger partial charge on any atom is -0.467 e. The van der Waals surface area contributed by atoms with Gasteiger partial charge in [0.1, 0.15) is 12.6 Å². The van der Waals surface area contributed by atoms with Crippen molar-refractivity contribution in [3.05, 3.63) is 48.2 Å². The molecule has 0 fully saturated rings. The SMILES string of the molecule is COC(=O)C1Cc2nc[nH]c2CN1C(=O)Cn1ncc2ccccc21. The third kappa shape index (κ3) is 2.65. The van der Waals surface area contributed by atoms with E-state index >= 15 is 0 Å². The quantitative estimate of drug-likeness (QED) is 0.715. The summed E-state index contributed by atoms with van der Waals surface area (Å²) in [7, 11) is 1.33. The van der Waals surface area contributed by atoms with E-state index in [1.165, 1.54) is 12.0 Å². The Bertz CT molecular complexity index is 945. The summed E-state index contributed by atoms with van der Waals surface area (Å²) in [5, 5.41) is 5.25. The Labute approximate surface area is 143 Å². The molecule has 1 atom stereocenters. The van der Waals surface area contributed by atoms with Crippen LogP contribution in [0.2, 0.25) is 0 Å². The van der Waals surface area contributed by atoms with Gasteiger partial charge in [-0.3, -0.25) is 9.48 Å². The molecule has 1 amide bonds. The summed E-state index contributed by atoms with van der Waals surface area (Å²) < 4.78 is 6.52. The first-order chi connectivity index (χ1) is 12.2. The summed E-state index contributed by atoms with van der Waals surface area (Å²) in [6, 6.07) is 7.01. The molecule has 3 heterocycles. The van der Waals surface area contributed by atoms with Crippen molar-refractivity contribution in [1.82, 2.24) is 24.6 Å². The number of esters is 1. The molecule has 128 valence electrons. The summed E-state index contributed by atoms with van der Waals surface area (Å²) in [6.07, 6.45) is 3.65. The maximum Gasteiger partial charge on any atom is 0.329 e. The van der Waals surface area contributed by atoms with Gasteiger partial charge >= 0.3 is 5.97 Å². The number of imidazole rings is 1. The number of nitrogens with one attached hydrogen (secondary N) is 1. The predicted octanol–water partition coefficient (Wildman–Crippen LogP) is 0.886. The summed E-state index contributed by atoms with van der Waals surface area (Å²) >= 11 is 0. The average Bonchev–Trinajstić information content (AvgIpc) is 3.26. The van der Waals surface area contributed by atoms with E-state index in [2.05, 4.69) is 15.1 Å². The van der Waals surface area contributed by atoms with E-state index < -0.39 is 12.0 Å². The van der Waals surface area contributed by atoms with Crippen LogP contribution in [0.15, 0.2) is 36.8 Å². The number of nitrogens with zero attached hydrogens (tertiary/aromatic N) is 4. The van der Waals surface area contributed by atoms with Gasteiger partial charge < -0.3 is 14.6 Å². The van der Waals surface area contributed by atoms with Crippen LogP contribution < -0.4 is 0 Å². The molecular weight excluding hydrogens is 322 g/mol. The molecule has 0 bridgehead atoms. The van der Waals surface area contributed by atoms with E-state index in [0.29, 0.717) is 13.0 Å². The molecule has 1 aromatic carbocycles. The van der Waals surface area contributed by atoms with Crippen LogP contribution in [-0.2, 0) is 33.8 Å². The predicted molar refractivity (Wildman–Crippen MR) is 88.4 cm³/mol. The molecule has 0 spiro atoms. The highest BCUT2D eigenvalue weighted by atomic mass is 16.5. The van der Waals surface area contributed by atoms with E-state index in [1.54, 1.807) is 17.2 Å². The monoisotopic (exact) mass is 339 g/mol. The van der Waals surface area contributed by atoms with E-state index in [-0.39, 0.29) is 12.5 Å². The molecule has 0 radical (unpaired) electrons. The summed E-state index contributed by atoms with van der Waals surface area (Å²) in [6.45, 7) is 0.359. The van der Waals surface area contributed by atoms with Gasteiger partial charge in [-0.2, -0.15) is 5.10 Å². The highest BCUT2D eigenvalue weighted by molar-refractivity contribution is 5.86. The molecule has 0 aliphatic carbocycles. The van der Waals surface area contributed by atoms with Gasteiger partial charge in [0.15, 0.2) is 0 Å². The number of aromatic amines is 1. The van der Waals surface area contributed by atoms with Crippen LogP contribution >= 0.6 is 0 Å². The molecule has 8 heteroatoms. The number of hydrogen-bond acceptors (Lipinski definition) is 5. The topological polar surface area (TPSA) is 93.1 Å². The molecule has 4 rings (SSSR count). The fourth-order valence-electron chi connectivity index (χ4n) is 3.22. The number of ether oxygens (including phenoxy) is 1. The maximum atomic E-state index is 12.9. The lowest BCUT2D eigenvalue weighted by Crippen LogP contribution is -2.50. The Hall–Kier alpha value is -3.16. The third-order valence-electron chi connectivity index (χ3n) is 4.53. The highest BCUT2D eigenvalue weighted by Gasteiger charge is 2.36. The van der Waals surface area contributed by atoms with Crippen molar-refractivity contribution in [3.63, 3.8) is 0 Å². The van der Waals surface area contributed by atoms with Crippen molar-refractivity contribution >= 4 is 22.8 Å². The fraction of sp³-hybridized carbons (Fsp3) is 0.294. The van der Waals surface area contributed by atoms with E-state index in [4.69, 9.17) is 4.74 Å². The van der Waals surface area contributed by atoms with Crippen molar-refractivity contribution in [2.24, 2.45) is 0 Å². The zero-order valence-corrected chi connectivity index (χ0v) is 13.7. The van der Waals surface area contributed by atoms with Crippen LogP contribution in [0.25, 0.3) is 10.9 Å². The van der Waals surface area contributed by atoms with Gasteiger partial charge in [-0.15, -0.1) is 0 Å². The highest BCUT2D eigenvalue weighted by Crippen LogP contribution is 2.22. The van der Waals surface area contributed by atoms with Crippen LogP contribution in [0.3, 0.4) is 0 Å². The minimum absolute atomic E-state index is 0.0600. The van der Waals surface area contributed by atoms with Crippen LogP contribution in [0.5, 0.6) is 0 Å².